The fraction of sp³-hybridized carbons (Fsp3) is 0.100. The van der Waals surface area contributed by atoms with Crippen LogP contribution in [0.25, 0.3) is 10.8 Å². The molecule has 4 rings (SSSR count). The molecule has 0 atom stereocenters. The maximum absolute atomic E-state index is 11.7. The molecule has 0 saturated heterocycles. The van der Waals surface area contributed by atoms with Gasteiger partial charge in [0, 0.05) is 22.5 Å². The van der Waals surface area contributed by atoms with Crippen molar-refractivity contribution in [3.63, 3.8) is 0 Å². The zero-order chi connectivity index (χ0) is 19.3. The average molecular weight is 391 g/mol. The molecule has 0 aliphatic rings. The van der Waals surface area contributed by atoms with Crippen molar-refractivity contribution in [3.05, 3.63) is 81.3 Å². The van der Waals surface area contributed by atoms with Gasteiger partial charge in [-0.05, 0) is 29.3 Å². The van der Waals surface area contributed by atoms with Crippen LogP contribution in [-0.2, 0) is 6.42 Å². The highest BCUT2D eigenvalue weighted by Crippen LogP contribution is 2.33. The Bertz CT molecular complexity index is 1110. The molecule has 0 unspecified atom stereocenters. The van der Waals surface area contributed by atoms with Gasteiger partial charge in [0.1, 0.15) is 6.33 Å². The third kappa shape index (κ3) is 3.77. The number of nitrogens with one attached hydrogen (secondary N) is 2. The zero-order valence-electron chi connectivity index (χ0n) is 14.8. The Balaban J connectivity index is 1.62. The minimum absolute atomic E-state index is 0.162. The second kappa shape index (κ2) is 8.01. The summed E-state index contributed by atoms with van der Waals surface area (Å²) >= 11 is 1.66. The van der Waals surface area contributed by atoms with Gasteiger partial charge in [0.2, 0.25) is 11.6 Å². The molecule has 2 N–H and O–H groups in total. The first-order valence-corrected chi connectivity index (χ1v) is 9.61. The van der Waals surface area contributed by atoms with Crippen LogP contribution in [0.4, 0.5) is 23.0 Å². The van der Waals surface area contributed by atoms with E-state index >= 15 is 0 Å². The van der Waals surface area contributed by atoms with E-state index in [9.17, 15) is 10.1 Å². The van der Waals surface area contributed by atoms with Crippen molar-refractivity contribution in [3.8, 4) is 0 Å². The summed E-state index contributed by atoms with van der Waals surface area (Å²) < 4.78 is 0. The first kappa shape index (κ1) is 17.9. The van der Waals surface area contributed by atoms with Crippen LogP contribution in [0.1, 0.15) is 4.88 Å². The highest BCUT2D eigenvalue weighted by atomic mass is 32.1. The van der Waals surface area contributed by atoms with E-state index in [0.717, 1.165) is 22.9 Å². The van der Waals surface area contributed by atoms with Crippen molar-refractivity contribution < 1.29 is 4.92 Å². The molecule has 0 saturated carbocycles. The summed E-state index contributed by atoms with van der Waals surface area (Å²) in [5, 5.41) is 21.9. The molecular formula is C20H17N5O2S. The molecule has 2 aromatic carbocycles. The largest absolute Gasteiger partial charge is 0.364 e. The van der Waals surface area contributed by atoms with Gasteiger partial charge in [-0.1, -0.05) is 42.5 Å². The quantitative estimate of drug-likeness (QED) is 0.340. The summed E-state index contributed by atoms with van der Waals surface area (Å²) in [5.74, 6) is 0.370. The maximum Gasteiger partial charge on any atom is 0.353 e. The van der Waals surface area contributed by atoms with Crippen molar-refractivity contribution in [2.75, 3.05) is 17.2 Å². The predicted octanol–water partition coefficient (Wildman–Crippen LogP) is 5.00. The van der Waals surface area contributed by atoms with E-state index < -0.39 is 4.92 Å². The Morgan fingerprint density at radius 1 is 1.00 bits per heavy atom. The molecule has 7 nitrogen and oxygen atoms in total. The van der Waals surface area contributed by atoms with Gasteiger partial charge >= 0.3 is 5.69 Å². The molecule has 0 aliphatic heterocycles. The van der Waals surface area contributed by atoms with Gasteiger partial charge in [-0.3, -0.25) is 10.1 Å². The van der Waals surface area contributed by atoms with Crippen molar-refractivity contribution >= 4 is 45.1 Å². The van der Waals surface area contributed by atoms with E-state index in [0.29, 0.717) is 6.54 Å². The Hall–Kier alpha value is -3.52. The number of hydrogen-bond acceptors (Lipinski definition) is 7. The lowest BCUT2D eigenvalue weighted by Gasteiger charge is -2.11. The number of benzene rings is 2. The number of hydrogen-bond donors (Lipinski definition) is 2. The van der Waals surface area contributed by atoms with E-state index in [4.69, 9.17) is 0 Å². The van der Waals surface area contributed by atoms with Crippen LogP contribution in [0.2, 0.25) is 0 Å². The lowest BCUT2D eigenvalue weighted by atomic mass is 10.1. The van der Waals surface area contributed by atoms with Crippen molar-refractivity contribution in [1.82, 2.24) is 9.97 Å². The smallest absolute Gasteiger partial charge is 0.353 e. The molecular weight excluding hydrogens is 374 g/mol. The Kier molecular flexibility index (Phi) is 5.11. The molecule has 2 heterocycles. The van der Waals surface area contributed by atoms with Crippen LogP contribution in [-0.4, -0.2) is 21.4 Å². The summed E-state index contributed by atoms with van der Waals surface area (Å²) in [4.78, 5) is 20.7. The fourth-order valence-corrected chi connectivity index (χ4v) is 3.70. The van der Waals surface area contributed by atoms with Gasteiger partial charge in [0.05, 0.1) is 4.92 Å². The van der Waals surface area contributed by atoms with Crippen LogP contribution >= 0.6 is 11.3 Å². The fourth-order valence-electron chi connectivity index (χ4n) is 2.99. The maximum atomic E-state index is 11.7. The molecule has 0 bridgehead atoms. The number of thiophene rings is 1. The minimum atomic E-state index is -0.457. The standard InChI is InChI=1S/C20H17N5O2S/c26-25(27)18-19(21-11-10-15-7-4-12-28-15)22-13-23-20(18)24-17-9-3-6-14-5-1-2-8-16(14)17/h1-9,12-13H,10-11H2,(H2,21,22,23,24). The van der Waals surface area contributed by atoms with E-state index in [1.807, 2.05) is 60.0 Å². The van der Waals surface area contributed by atoms with Crippen molar-refractivity contribution in [2.45, 2.75) is 6.42 Å². The number of fused-ring (bicyclic) bond motifs is 1. The molecule has 0 fully saturated rings. The zero-order valence-corrected chi connectivity index (χ0v) is 15.6. The number of anilines is 3. The van der Waals surface area contributed by atoms with Gasteiger partial charge in [-0.2, -0.15) is 0 Å². The Morgan fingerprint density at radius 3 is 2.64 bits per heavy atom. The highest BCUT2D eigenvalue weighted by molar-refractivity contribution is 7.09. The molecule has 4 aromatic rings. The average Bonchev–Trinajstić information content (AvgIpc) is 3.22. The van der Waals surface area contributed by atoms with Gasteiger partial charge in [-0.15, -0.1) is 11.3 Å². The Morgan fingerprint density at radius 2 is 1.82 bits per heavy atom. The van der Waals surface area contributed by atoms with Crippen molar-refractivity contribution in [1.29, 1.82) is 0 Å². The second-order valence-electron chi connectivity index (χ2n) is 6.08. The van der Waals surface area contributed by atoms with Gasteiger partial charge < -0.3 is 10.6 Å². The lowest BCUT2D eigenvalue weighted by molar-refractivity contribution is -0.383. The highest BCUT2D eigenvalue weighted by Gasteiger charge is 2.23. The number of aromatic nitrogens is 2. The summed E-state index contributed by atoms with van der Waals surface area (Å²) in [6.45, 7) is 0.548. The normalized spacial score (nSPS) is 10.7. The summed E-state index contributed by atoms with van der Waals surface area (Å²) in [5.41, 5.74) is 0.589. The third-order valence-electron chi connectivity index (χ3n) is 4.29. The van der Waals surface area contributed by atoms with Crippen LogP contribution in [0, 0.1) is 10.1 Å². The molecule has 140 valence electrons. The lowest BCUT2D eigenvalue weighted by Crippen LogP contribution is -2.10. The molecule has 0 radical (unpaired) electrons. The molecule has 0 amide bonds. The molecule has 28 heavy (non-hydrogen) atoms. The molecule has 2 aromatic heterocycles. The first-order valence-electron chi connectivity index (χ1n) is 8.73. The van der Waals surface area contributed by atoms with Crippen LogP contribution < -0.4 is 10.6 Å². The molecule has 0 aliphatic carbocycles. The second-order valence-corrected chi connectivity index (χ2v) is 7.12. The van der Waals surface area contributed by atoms with Gasteiger partial charge in [0.15, 0.2) is 0 Å². The monoisotopic (exact) mass is 391 g/mol. The van der Waals surface area contributed by atoms with Crippen LogP contribution in [0.15, 0.2) is 66.3 Å². The van der Waals surface area contributed by atoms with E-state index in [-0.39, 0.29) is 17.3 Å². The predicted molar refractivity (Wildman–Crippen MR) is 112 cm³/mol. The molecule has 8 heteroatoms. The first-order chi connectivity index (χ1) is 13.7. The summed E-state index contributed by atoms with van der Waals surface area (Å²) in [6.07, 6.45) is 2.10. The number of nitro groups is 1. The van der Waals surface area contributed by atoms with Gasteiger partial charge in [-0.25, -0.2) is 9.97 Å². The third-order valence-corrected chi connectivity index (χ3v) is 5.23. The SMILES string of the molecule is O=[N+]([O-])c1c(NCCc2cccs2)ncnc1Nc1cccc2ccccc12. The van der Waals surface area contributed by atoms with Crippen LogP contribution in [0.5, 0.6) is 0 Å². The van der Waals surface area contributed by atoms with E-state index in [1.54, 1.807) is 11.3 Å². The topological polar surface area (TPSA) is 93.0 Å². The summed E-state index contributed by atoms with van der Waals surface area (Å²) in [7, 11) is 0. The van der Waals surface area contributed by atoms with Gasteiger partial charge in [0.25, 0.3) is 0 Å². The summed E-state index contributed by atoms with van der Waals surface area (Å²) in [6, 6.07) is 17.6. The van der Waals surface area contributed by atoms with Crippen molar-refractivity contribution in [2.24, 2.45) is 0 Å². The van der Waals surface area contributed by atoms with Crippen LogP contribution in [0.3, 0.4) is 0 Å². The van der Waals surface area contributed by atoms with E-state index in [1.165, 1.54) is 11.2 Å². The number of rotatable bonds is 7. The number of nitrogens with zero attached hydrogens (tertiary/aromatic N) is 3. The van der Waals surface area contributed by atoms with E-state index in [2.05, 4.69) is 20.6 Å². The Labute approximate surface area is 165 Å². The minimum Gasteiger partial charge on any atom is -0.364 e. The molecule has 0 spiro atoms.